The molecule has 1 aromatic rings. The number of nitrogens with zero attached hydrogens (tertiary/aromatic N) is 1. The van der Waals surface area contributed by atoms with Crippen LogP contribution in [0, 0.1) is 0 Å². The molecule has 0 saturated heterocycles. The topological polar surface area (TPSA) is 107 Å². The molecule has 2 rings (SSSR count). The van der Waals surface area contributed by atoms with Crippen molar-refractivity contribution in [2.45, 2.75) is 20.3 Å². The molecule has 1 aliphatic rings. The lowest BCUT2D eigenvalue weighted by Gasteiger charge is -2.18. The molecular formula is C18H21NO7S. The van der Waals surface area contributed by atoms with Crippen molar-refractivity contribution < 1.29 is 32.3 Å². The third-order valence-corrected chi connectivity index (χ3v) is 5.72. The van der Waals surface area contributed by atoms with E-state index in [4.69, 9.17) is 4.74 Å². The van der Waals surface area contributed by atoms with Crippen molar-refractivity contribution in [1.82, 2.24) is 0 Å². The number of hydrogen-bond acceptors (Lipinski definition) is 7. The Morgan fingerprint density at radius 2 is 1.78 bits per heavy atom. The number of hydrogen-bond donors (Lipinski definition) is 0. The van der Waals surface area contributed by atoms with Gasteiger partial charge < -0.3 is 9.47 Å². The molecule has 0 bridgehead atoms. The molecule has 0 radical (unpaired) electrons. The van der Waals surface area contributed by atoms with Gasteiger partial charge in [-0.15, -0.1) is 0 Å². The summed E-state index contributed by atoms with van der Waals surface area (Å²) in [6.07, 6.45) is 2.33. The summed E-state index contributed by atoms with van der Waals surface area (Å²) < 4.78 is 34.9. The van der Waals surface area contributed by atoms with Crippen LogP contribution in [0.25, 0.3) is 0 Å². The lowest BCUT2D eigenvalue weighted by atomic mass is 10.1. The average molecular weight is 395 g/mol. The van der Waals surface area contributed by atoms with Gasteiger partial charge in [-0.3, -0.25) is 9.10 Å². The second-order valence-corrected chi connectivity index (χ2v) is 7.86. The molecular weight excluding hydrogens is 374 g/mol. The molecule has 0 fully saturated rings. The zero-order chi connectivity index (χ0) is 20.0. The largest absolute Gasteiger partial charge is 0.463 e. The second kappa shape index (κ2) is 8.81. The SMILES string of the molecule is CCOC(=O)/C=C/C(=O)OCC(=O)c1ccc2c(c1)CCN2S(=O)(=O)CC. The summed E-state index contributed by atoms with van der Waals surface area (Å²) >= 11 is 0. The maximum absolute atomic E-state index is 12.2. The van der Waals surface area contributed by atoms with Gasteiger partial charge in [0.05, 0.1) is 18.0 Å². The highest BCUT2D eigenvalue weighted by Gasteiger charge is 2.28. The van der Waals surface area contributed by atoms with Gasteiger partial charge in [-0.2, -0.15) is 0 Å². The molecule has 1 aliphatic heterocycles. The highest BCUT2D eigenvalue weighted by molar-refractivity contribution is 7.92. The van der Waals surface area contributed by atoms with E-state index in [1.807, 2.05) is 0 Å². The molecule has 0 aromatic heterocycles. The van der Waals surface area contributed by atoms with Crippen molar-refractivity contribution in [3.63, 3.8) is 0 Å². The van der Waals surface area contributed by atoms with E-state index >= 15 is 0 Å². The number of ketones is 1. The van der Waals surface area contributed by atoms with Gasteiger partial charge >= 0.3 is 11.9 Å². The lowest BCUT2D eigenvalue weighted by Crippen LogP contribution is -2.30. The molecule has 1 aromatic carbocycles. The molecule has 0 amide bonds. The van der Waals surface area contributed by atoms with Gasteiger partial charge in [-0.1, -0.05) is 0 Å². The number of ether oxygens (including phenoxy) is 2. The molecule has 9 heteroatoms. The zero-order valence-corrected chi connectivity index (χ0v) is 16.0. The number of anilines is 1. The van der Waals surface area contributed by atoms with Crippen LogP contribution in [0.5, 0.6) is 0 Å². The van der Waals surface area contributed by atoms with Crippen LogP contribution in [0.4, 0.5) is 5.69 Å². The third-order valence-electron chi connectivity index (χ3n) is 3.94. The number of rotatable bonds is 8. The van der Waals surface area contributed by atoms with Crippen molar-refractivity contribution in [2.75, 3.05) is 29.8 Å². The lowest BCUT2D eigenvalue weighted by molar-refractivity contribution is -0.139. The second-order valence-electron chi connectivity index (χ2n) is 5.68. The first-order valence-corrected chi connectivity index (χ1v) is 10.1. The normalized spacial score (nSPS) is 13.5. The van der Waals surface area contributed by atoms with Crippen LogP contribution in [0.3, 0.4) is 0 Å². The van der Waals surface area contributed by atoms with E-state index in [-0.39, 0.29) is 12.4 Å². The molecule has 0 aliphatic carbocycles. The molecule has 0 N–H and O–H groups in total. The van der Waals surface area contributed by atoms with E-state index in [2.05, 4.69) is 4.74 Å². The van der Waals surface area contributed by atoms with Crippen LogP contribution in [-0.2, 0) is 35.5 Å². The Hall–Kier alpha value is -2.68. The number of esters is 2. The monoisotopic (exact) mass is 395 g/mol. The standard InChI is InChI=1S/C18H21NO7S/c1-3-25-17(21)7-8-18(22)26-12-16(20)14-5-6-15-13(11-14)9-10-19(15)27(23,24)4-2/h5-8,11H,3-4,9-10,12H2,1-2H3/b8-7+. The minimum Gasteiger partial charge on any atom is -0.463 e. The Bertz CT molecular complexity index is 874. The summed E-state index contributed by atoms with van der Waals surface area (Å²) in [5, 5.41) is 0. The first-order chi connectivity index (χ1) is 12.8. The molecule has 0 atom stereocenters. The van der Waals surface area contributed by atoms with Crippen LogP contribution >= 0.6 is 0 Å². The highest BCUT2D eigenvalue weighted by Crippen LogP contribution is 2.31. The summed E-state index contributed by atoms with van der Waals surface area (Å²) in [7, 11) is -3.35. The van der Waals surface area contributed by atoms with Crippen molar-refractivity contribution in [3.8, 4) is 0 Å². The molecule has 1 heterocycles. The number of carbonyl (C=O) groups excluding carboxylic acids is 3. The summed E-state index contributed by atoms with van der Waals surface area (Å²) in [5.74, 6) is -1.93. The first kappa shape index (κ1) is 20.6. The Morgan fingerprint density at radius 1 is 1.11 bits per heavy atom. The van der Waals surface area contributed by atoms with Crippen molar-refractivity contribution in [3.05, 3.63) is 41.5 Å². The van der Waals surface area contributed by atoms with E-state index in [0.29, 0.717) is 24.2 Å². The minimum atomic E-state index is -3.35. The Morgan fingerprint density at radius 3 is 2.41 bits per heavy atom. The third kappa shape index (κ3) is 5.16. The number of fused-ring (bicyclic) bond motifs is 1. The van der Waals surface area contributed by atoms with Gasteiger partial charge in [-0.25, -0.2) is 18.0 Å². The summed E-state index contributed by atoms with van der Waals surface area (Å²) in [4.78, 5) is 34.8. The van der Waals surface area contributed by atoms with Gasteiger partial charge in [0.2, 0.25) is 10.0 Å². The van der Waals surface area contributed by atoms with Gasteiger partial charge in [0.1, 0.15) is 0 Å². The van der Waals surface area contributed by atoms with Crippen LogP contribution in [0.2, 0.25) is 0 Å². The molecule has 146 valence electrons. The number of carbonyl (C=O) groups is 3. The summed E-state index contributed by atoms with van der Waals surface area (Å²) in [6, 6.07) is 4.71. The van der Waals surface area contributed by atoms with Crippen LogP contribution in [-0.4, -0.2) is 51.7 Å². The minimum absolute atomic E-state index is 0.00237. The highest BCUT2D eigenvalue weighted by atomic mass is 32.2. The fraction of sp³-hybridized carbons (Fsp3) is 0.389. The fourth-order valence-corrected chi connectivity index (χ4v) is 3.74. The Balaban J connectivity index is 1.99. The van der Waals surface area contributed by atoms with Gasteiger partial charge in [0.25, 0.3) is 0 Å². The molecule has 8 nitrogen and oxygen atoms in total. The van der Waals surface area contributed by atoms with E-state index < -0.39 is 34.4 Å². The van der Waals surface area contributed by atoms with Crippen molar-refractivity contribution in [1.29, 1.82) is 0 Å². The number of sulfonamides is 1. The first-order valence-electron chi connectivity index (χ1n) is 8.46. The van der Waals surface area contributed by atoms with Crippen LogP contribution in [0.1, 0.15) is 29.8 Å². The van der Waals surface area contributed by atoms with E-state index in [1.165, 1.54) is 10.4 Å². The maximum Gasteiger partial charge on any atom is 0.331 e. The van der Waals surface area contributed by atoms with Gasteiger partial charge in [0, 0.05) is 24.3 Å². The number of benzene rings is 1. The van der Waals surface area contributed by atoms with Crippen molar-refractivity contribution in [2.24, 2.45) is 0 Å². The summed E-state index contributed by atoms with van der Waals surface area (Å²) in [6.45, 7) is 3.26. The van der Waals surface area contributed by atoms with Crippen molar-refractivity contribution >= 4 is 33.4 Å². The Kier molecular flexibility index (Phi) is 6.73. The molecule has 27 heavy (non-hydrogen) atoms. The van der Waals surface area contributed by atoms with E-state index in [0.717, 1.165) is 17.7 Å². The van der Waals surface area contributed by atoms with E-state index in [9.17, 15) is 22.8 Å². The molecule has 0 unspecified atom stereocenters. The average Bonchev–Trinajstić information content (AvgIpc) is 3.08. The molecule has 0 saturated carbocycles. The Labute approximate surface area is 157 Å². The predicted octanol–water partition coefficient (Wildman–Crippen LogP) is 1.24. The fourth-order valence-electron chi connectivity index (χ4n) is 2.58. The van der Waals surface area contributed by atoms with Crippen LogP contribution in [0.15, 0.2) is 30.4 Å². The quantitative estimate of drug-likeness (QED) is 0.370. The predicted molar refractivity (Wildman–Crippen MR) is 98.0 cm³/mol. The van der Waals surface area contributed by atoms with E-state index in [1.54, 1.807) is 26.0 Å². The number of Topliss-reactive ketones (excluding diaryl/α,β-unsaturated/α-hetero) is 1. The zero-order valence-electron chi connectivity index (χ0n) is 15.1. The van der Waals surface area contributed by atoms with Gasteiger partial charge in [-0.05, 0) is 44.0 Å². The van der Waals surface area contributed by atoms with Crippen LogP contribution < -0.4 is 4.31 Å². The maximum atomic E-state index is 12.2. The van der Waals surface area contributed by atoms with Gasteiger partial charge in [0.15, 0.2) is 12.4 Å². The smallest absolute Gasteiger partial charge is 0.331 e. The molecule has 0 spiro atoms. The summed E-state index contributed by atoms with van der Waals surface area (Å²) in [5.41, 5.74) is 1.65.